The van der Waals surface area contributed by atoms with Crippen molar-refractivity contribution in [2.45, 2.75) is 330 Å². The normalized spacial score (nSPS) is 14.3. The van der Waals surface area contributed by atoms with Crippen molar-refractivity contribution in [2.24, 2.45) is 11.8 Å². The van der Waals surface area contributed by atoms with E-state index in [0.717, 1.165) is 102 Å². The third-order valence-corrected chi connectivity index (χ3v) is 16.4. The van der Waals surface area contributed by atoms with Gasteiger partial charge in [-0.2, -0.15) is 0 Å². The maximum absolute atomic E-state index is 13.0. The van der Waals surface area contributed by atoms with Crippen LogP contribution in [0.25, 0.3) is 0 Å². The van der Waals surface area contributed by atoms with Gasteiger partial charge in [0.2, 0.25) is 0 Å². The Labute approximate surface area is 498 Å². The first kappa shape index (κ1) is 80.1. The minimum Gasteiger partial charge on any atom is -0.462 e. The van der Waals surface area contributed by atoms with E-state index in [1.54, 1.807) is 0 Å². The minimum atomic E-state index is -4.94. The second kappa shape index (κ2) is 55.6. The molecule has 0 fully saturated rings. The zero-order chi connectivity index (χ0) is 60.8. The summed E-state index contributed by atoms with van der Waals surface area (Å²) in [6.45, 7) is 9.37. The molecular weight excluding hydrogens is 1090 g/mol. The zero-order valence-electron chi connectivity index (χ0n) is 52.8. The highest BCUT2D eigenvalue weighted by atomic mass is 31.2. The molecule has 82 heavy (non-hydrogen) atoms. The third-order valence-electron chi connectivity index (χ3n) is 14.5. The summed E-state index contributed by atoms with van der Waals surface area (Å²) in [6.07, 6.45) is 37.7. The van der Waals surface area contributed by atoms with E-state index in [1.165, 1.54) is 122 Å². The van der Waals surface area contributed by atoms with Gasteiger partial charge in [0, 0.05) is 25.7 Å². The van der Waals surface area contributed by atoms with Crippen LogP contribution in [0, 0.1) is 11.8 Å². The molecule has 0 aliphatic rings. The molecule has 0 aromatic heterocycles. The Kier molecular flexibility index (Phi) is 54.3. The molecule has 0 aliphatic carbocycles. The third kappa shape index (κ3) is 57.2. The topological polar surface area (TPSA) is 237 Å². The Hall–Kier alpha value is -1.94. The van der Waals surface area contributed by atoms with Crippen LogP contribution in [0.5, 0.6) is 0 Å². The van der Waals surface area contributed by atoms with Gasteiger partial charge in [-0.3, -0.25) is 37.3 Å². The first-order valence-corrected chi connectivity index (χ1v) is 36.0. The molecular formula is C63H122O17P2. The van der Waals surface area contributed by atoms with Gasteiger partial charge in [-0.05, 0) is 37.5 Å². The lowest BCUT2D eigenvalue weighted by Gasteiger charge is -2.21. The molecule has 486 valence electrons. The summed E-state index contributed by atoms with van der Waals surface area (Å²) in [5.74, 6) is -0.706. The van der Waals surface area contributed by atoms with E-state index >= 15 is 0 Å². The lowest BCUT2D eigenvalue weighted by atomic mass is 10.0. The Balaban J connectivity index is 5.23. The number of ether oxygens (including phenoxy) is 4. The van der Waals surface area contributed by atoms with Crippen LogP contribution in [0.15, 0.2) is 0 Å². The molecule has 5 atom stereocenters. The quantitative estimate of drug-likeness (QED) is 0.0222. The highest BCUT2D eigenvalue weighted by Crippen LogP contribution is 2.45. The molecule has 0 spiro atoms. The van der Waals surface area contributed by atoms with Crippen LogP contribution in [-0.4, -0.2) is 96.7 Å². The summed E-state index contributed by atoms with van der Waals surface area (Å²) in [7, 11) is -9.88. The fraction of sp³-hybridized carbons (Fsp3) is 0.937. The van der Waals surface area contributed by atoms with Crippen molar-refractivity contribution < 1.29 is 80.2 Å². The predicted molar refractivity (Wildman–Crippen MR) is 326 cm³/mol. The van der Waals surface area contributed by atoms with Crippen LogP contribution in [0.2, 0.25) is 0 Å². The number of carbonyl (C=O) groups is 4. The second-order valence-electron chi connectivity index (χ2n) is 23.7. The number of aliphatic hydroxyl groups excluding tert-OH is 1. The molecule has 2 unspecified atom stereocenters. The van der Waals surface area contributed by atoms with E-state index in [9.17, 15) is 43.2 Å². The van der Waals surface area contributed by atoms with E-state index in [1.807, 2.05) is 0 Å². The maximum Gasteiger partial charge on any atom is 0.472 e. The number of unbranched alkanes of at least 4 members (excludes halogenated alkanes) is 32. The van der Waals surface area contributed by atoms with E-state index in [-0.39, 0.29) is 25.7 Å². The number of hydrogen-bond donors (Lipinski definition) is 3. The van der Waals surface area contributed by atoms with E-state index in [2.05, 4.69) is 41.5 Å². The number of rotatable bonds is 62. The zero-order valence-corrected chi connectivity index (χ0v) is 54.6. The van der Waals surface area contributed by atoms with Gasteiger partial charge in [-0.15, -0.1) is 0 Å². The fourth-order valence-corrected chi connectivity index (χ4v) is 10.9. The van der Waals surface area contributed by atoms with Crippen molar-refractivity contribution in [1.82, 2.24) is 0 Å². The van der Waals surface area contributed by atoms with Crippen molar-refractivity contribution in [3.8, 4) is 0 Å². The second-order valence-corrected chi connectivity index (χ2v) is 26.7. The molecule has 0 amide bonds. The Morgan fingerprint density at radius 3 is 0.829 bits per heavy atom. The molecule has 0 radical (unpaired) electrons. The number of phosphoric acid groups is 2. The van der Waals surface area contributed by atoms with E-state index < -0.39 is 97.5 Å². The van der Waals surface area contributed by atoms with Crippen molar-refractivity contribution in [3.63, 3.8) is 0 Å². The van der Waals surface area contributed by atoms with Gasteiger partial charge in [0.25, 0.3) is 0 Å². The lowest BCUT2D eigenvalue weighted by molar-refractivity contribution is -0.161. The van der Waals surface area contributed by atoms with Gasteiger partial charge < -0.3 is 33.8 Å². The summed E-state index contributed by atoms with van der Waals surface area (Å²) >= 11 is 0. The molecule has 0 aromatic rings. The molecule has 3 N–H and O–H groups in total. The van der Waals surface area contributed by atoms with Gasteiger partial charge in [0.1, 0.15) is 19.3 Å². The van der Waals surface area contributed by atoms with Gasteiger partial charge >= 0.3 is 39.5 Å². The van der Waals surface area contributed by atoms with Crippen molar-refractivity contribution >= 4 is 39.5 Å². The SMILES string of the molecule is CCCCCCCCCCCCCCC(=O)OC[C@H](COP(=O)(O)OC[C@@H](O)COP(=O)(O)OC[C@@H](COC(=O)CCCCCCCCCC)OC(=O)CCCCCCCCCC(C)C)OC(=O)CCCCCCCCCCCC(C)C. The van der Waals surface area contributed by atoms with Crippen LogP contribution in [0.4, 0.5) is 0 Å². The summed E-state index contributed by atoms with van der Waals surface area (Å²) in [6, 6.07) is 0. The molecule has 17 nitrogen and oxygen atoms in total. The summed E-state index contributed by atoms with van der Waals surface area (Å²) in [4.78, 5) is 72.1. The lowest BCUT2D eigenvalue weighted by Crippen LogP contribution is -2.30. The summed E-state index contributed by atoms with van der Waals surface area (Å²) in [5.41, 5.74) is 0. The number of hydrogen-bond acceptors (Lipinski definition) is 15. The van der Waals surface area contributed by atoms with E-state index in [4.69, 9.17) is 37.0 Å². The molecule has 0 heterocycles. The van der Waals surface area contributed by atoms with Gasteiger partial charge in [-0.25, -0.2) is 9.13 Å². The standard InChI is InChI=1S/C63H122O17P2/c1-7-9-11-13-15-17-18-19-22-28-34-40-46-61(66)74-52-58(79-62(67)47-41-35-29-23-20-21-25-31-37-43-55(3)4)53-77-81(69,70)75-49-57(64)50-76-82(71,72)78-54-59(51-73-60(65)45-39-33-27-16-14-12-10-8-2)80-63(68)48-42-36-30-24-26-32-38-44-56(5)6/h55-59,64H,7-54H2,1-6H3,(H,69,70)(H,71,72)/t57-,58-,59-/m1/s1. The summed E-state index contributed by atoms with van der Waals surface area (Å²) in [5, 5.41) is 10.5. The molecule has 0 aliphatic heterocycles. The fourth-order valence-electron chi connectivity index (χ4n) is 9.35. The highest BCUT2D eigenvalue weighted by molar-refractivity contribution is 7.47. The van der Waals surface area contributed by atoms with Crippen molar-refractivity contribution in [2.75, 3.05) is 39.6 Å². The molecule has 0 rings (SSSR count). The van der Waals surface area contributed by atoms with Crippen molar-refractivity contribution in [1.29, 1.82) is 0 Å². The smallest absolute Gasteiger partial charge is 0.462 e. The van der Waals surface area contributed by atoms with Crippen LogP contribution in [-0.2, 0) is 65.4 Å². The largest absolute Gasteiger partial charge is 0.472 e. The molecule has 0 saturated carbocycles. The monoisotopic (exact) mass is 1210 g/mol. The molecule has 0 saturated heterocycles. The van der Waals surface area contributed by atoms with Gasteiger partial charge in [-0.1, -0.05) is 260 Å². The van der Waals surface area contributed by atoms with Crippen LogP contribution in [0.1, 0.15) is 311 Å². The molecule has 19 heteroatoms. The Morgan fingerprint density at radius 1 is 0.329 bits per heavy atom. The Morgan fingerprint density at radius 2 is 0.561 bits per heavy atom. The number of carbonyl (C=O) groups excluding carboxylic acids is 4. The number of aliphatic hydroxyl groups is 1. The van der Waals surface area contributed by atoms with Crippen LogP contribution < -0.4 is 0 Å². The minimum absolute atomic E-state index is 0.103. The maximum atomic E-state index is 13.0. The molecule has 0 bridgehead atoms. The van der Waals surface area contributed by atoms with Gasteiger partial charge in [0.15, 0.2) is 12.2 Å². The number of esters is 4. The first-order valence-electron chi connectivity index (χ1n) is 33.0. The van der Waals surface area contributed by atoms with Crippen LogP contribution in [0.3, 0.4) is 0 Å². The Bertz CT molecular complexity index is 1620. The molecule has 0 aromatic carbocycles. The predicted octanol–water partition coefficient (Wildman–Crippen LogP) is 17.3. The van der Waals surface area contributed by atoms with E-state index in [0.29, 0.717) is 31.6 Å². The average molecular weight is 1210 g/mol. The summed E-state index contributed by atoms with van der Waals surface area (Å²) < 4.78 is 67.9. The highest BCUT2D eigenvalue weighted by Gasteiger charge is 2.30. The van der Waals surface area contributed by atoms with Gasteiger partial charge in [0.05, 0.1) is 26.4 Å². The average Bonchev–Trinajstić information content (AvgIpc) is 3.45. The number of phosphoric ester groups is 2. The van der Waals surface area contributed by atoms with Crippen LogP contribution >= 0.6 is 15.6 Å². The van der Waals surface area contributed by atoms with Crippen molar-refractivity contribution in [3.05, 3.63) is 0 Å². The first-order chi connectivity index (χ1) is 39.4.